The minimum atomic E-state index is -4.95. The molecule has 19 heteroatoms. The smallest absolute Gasteiger partial charge is 0.462 e. The minimum absolute atomic E-state index is 0.105. The van der Waals surface area contributed by atoms with Gasteiger partial charge in [-0.05, 0) is 31.6 Å². The minimum Gasteiger partial charge on any atom is -0.462 e. The van der Waals surface area contributed by atoms with Gasteiger partial charge in [-0.25, -0.2) is 9.13 Å². The highest BCUT2D eigenvalue weighted by atomic mass is 31.2. The van der Waals surface area contributed by atoms with Gasteiger partial charge in [-0.1, -0.05) is 298 Å². The van der Waals surface area contributed by atoms with Crippen molar-refractivity contribution in [3.05, 3.63) is 0 Å². The molecule has 0 bridgehead atoms. The second kappa shape index (κ2) is 61.6. The number of rotatable bonds is 68. The first-order valence-corrected chi connectivity index (χ1v) is 38.7. The van der Waals surface area contributed by atoms with Crippen molar-refractivity contribution < 1.29 is 80.2 Å². The van der Waals surface area contributed by atoms with Crippen LogP contribution in [0.2, 0.25) is 0 Å². The van der Waals surface area contributed by atoms with Crippen LogP contribution in [0.15, 0.2) is 0 Å². The van der Waals surface area contributed by atoms with Gasteiger partial charge >= 0.3 is 39.5 Å². The zero-order valence-electron chi connectivity index (χ0n) is 56.2. The van der Waals surface area contributed by atoms with Crippen LogP contribution in [0.5, 0.6) is 0 Å². The van der Waals surface area contributed by atoms with Crippen LogP contribution in [0.1, 0.15) is 349 Å². The van der Waals surface area contributed by atoms with Gasteiger partial charge in [0, 0.05) is 25.7 Å². The number of ether oxygens (including phenoxy) is 4. The first-order chi connectivity index (χ1) is 42.1. The molecule has 0 aliphatic carbocycles. The molecule has 3 N–H and O–H groups in total. The van der Waals surface area contributed by atoms with Gasteiger partial charge in [-0.3, -0.25) is 37.3 Å². The van der Waals surface area contributed by atoms with Crippen LogP contribution in [-0.4, -0.2) is 96.7 Å². The van der Waals surface area contributed by atoms with Crippen molar-refractivity contribution >= 4 is 39.5 Å². The van der Waals surface area contributed by atoms with E-state index in [2.05, 4.69) is 34.6 Å². The molecular formula is C68H132O17P2. The van der Waals surface area contributed by atoms with E-state index in [1.807, 2.05) is 0 Å². The van der Waals surface area contributed by atoms with E-state index in [-0.39, 0.29) is 25.7 Å². The van der Waals surface area contributed by atoms with Crippen molar-refractivity contribution in [3.63, 3.8) is 0 Å². The van der Waals surface area contributed by atoms with Gasteiger partial charge in [0.15, 0.2) is 12.2 Å². The van der Waals surface area contributed by atoms with E-state index in [0.717, 1.165) is 115 Å². The normalized spacial score (nSPS) is 14.4. The second-order valence-electron chi connectivity index (χ2n) is 24.8. The van der Waals surface area contributed by atoms with Crippen LogP contribution in [0.25, 0.3) is 0 Å². The summed E-state index contributed by atoms with van der Waals surface area (Å²) in [5.41, 5.74) is 0. The Balaban J connectivity index is 5.10. The Labute approximate surface area is 530 Å². The van der Waals surface area contributed by atoms with E-state index in [1.165, 1.54) is 154 Å². The lowest BCUT2D eigenvalue weighted by molar-refractivity contribution is -0.161. The lowest BCUT2D eigenvalue weighted by Gasteiger charge is -2.21. The predicted octanol–water partition coefficient (Wildman–Crippen LogP) is 19.4. The lowest BCUT2D eigenvalue weighted by atomic mass is 10.00. The molecule has 0 aliphatic rings. The fourth-order valence-corrected chi connectivity index (χ4v) is 11.8. The number of phosphoric acid groups is 2. The van der Waals surface area contributed by atoms with Crippen molar-refractivity contribution in [3.8, 4) is 0 Å². The van der Waals surface area contributed by atoms with Crippen molar-refractivity contribution in [2.24, 2.45) is 5.92 Å². The Morgan fingerprint density at radius 2 is 0.552 bits per heavy atom. The predicted molar refractivity (Wildman–Crippen MR) is 349 cm³/mol. The molecule has 3 unspecified atom stereocenters. The molecule has 6 atom stereocenters. The second-order valence-corrected chi connectivity index (χ2v) is 27.7. The van der Waals surface area contributed by atoms with Crippen LogP contribution in [0.4, 0.5) is 0 Å². The van der Waals surface area contributed by atoms with Crippen molar-refractivity contribution in [1.82, 2.24) is 0 Å². The molecule has 0 rings (SSSR count). The maximum Gasteiger partial charge on any atom is 0.472 e. The maximum absolute atomic E-state index is 13.0. The van der Waals surface area contributed by atoms with Gasteiger partial charge in [0.05, 0.1) is 26.4 Å². The number of unbranched alkanes of at least 4 members (excludes halogenated alkanes) is 39. The Bertz CT molecular complexity index is 1690. The third-order valence-corrected chi connectivity index (χ3v) is 18.0. The molecule has 87 heavy (non-hydrogen) atoms. The van der Waals surface area contributed by atoms with Gasteiger partial charge < -0.3 is 33.8 Å². The standard InChI is InChI=1S/C68H132O17P2/c1-6-10-13-16-19-21-22-23-24-25-26-27-28-29-30-31-32-34-37-44-49-54-68(73)85-64(58-79-66(71)52-47-42-39-38-40-45-50-61(5)9-4)60-83-87(76,77)81-56-62(69)55-80-86(74,75)82-59-63(57-78-65(70)51-46-41-35-18-15-12-8-3)84-67(72)53-48-43-36-33-20-17-14-11-7-2/h61-64,69H,6-60H2,1-5H3,(H,74,75)(H,76,77)/t61?,62-,63+,64+/m0/s1. The van der Waals surface area contributed by atoms with Crippen molar-refractivity contribution in [2.45, 2.75) is 368 Å². The van der Waals surface area contributed by atoms with E-state index in [9.17, 15) is 43.2 Å². The molecule has 0 aliphatic heterocycles. The van der Waals surface area contributed by atoms with Gasteiger partial charge in [-0.15, -0.1) is 0 Å². The summed E-state index contributed by atoms with van der Waals surface area (Å²) in [5, 5.41) is 10.5. The average molecular weight is 1280 g/mol. The number of esters is 4. The molecule has 17 nitrogen and oxygen atoms in total. The quantitative estimate of drug-likeness (QED) is 0.0222. The Morgan fingerprint density at radius 1 is 0.322 bits per heavy atom. The Kier molecular flexibility index (Phi) is 60.2. The van der Waals surface area contributed by atoms with Crippen LogP contribution in [-0.2, 0) is 65.4 Å². The third-order valence-electron chi connectivity index (χ3n) is 16.1. The number of hydrogen-bond acceptors (Lipinski definition) is 15. The molecular weight excluding hydrogens is 1150 g/mol. The van der Waals surface area contributed by atoms with Gasteiger partial charge in [0.2, 0.25) is 0 Å². The number of carbonyl (C=O) groups is 4. The molecule has 0 saturated heterocycles. The number of aliphatic hydroxyl groups is 1. The number of hydrogen-bond donors (Lipinski definition) is 3. The summed E-state index contributed by atoms with van der Waals surface area (Å²) in [6.45, 7) is 7.12. The number of phosphoric ester groups is 2. The molecule has 0 spiro atoms. The largest absolute Gasteiger partial charge is 0.472 e. The summed E-state index contributed by atoms with van der Waals surface area (Å²) in [4.78, 5) is 72.2. The summed E-state index contributed by atoms with van der Waals surface area (Å²) in [5.74, 6) is -1.40. The van der Waals surface area contributed by atoms with E-state index in [4.69, 9.17) is 37.0 Å². The molecule has 0 aromatic rings. The summed E-state index contributed by atoms with van der Waals surface area (Å²) in [6.07, 6.45) is 47.6. The van der Waals surface area contributed by atoms with Crippen LogP contribution in [0, 0.1) is 5.92 Å². The number of carbonyl (C=O) groups excluding carboxylic acids is 4. The monoisotopic (exact) mass is 1280 g/mol. The highest BCUT2D eigenvalue weighted by Gasteiger charge is 2.30. The molecule has 0 aromatic heterocycles. The zero-order valence-corrected chi connectivity index (χ0v) is 57.9. The molecule has 0 saturated carbocycles. The maximum atomic E-state index is 13.0. The Hall–Kier alpha value is -1.94. The van der Waals surface area contributed by atoms with E-state index >= 15 is 0 Å². The topological polar surface area (TPSA) is 237 Å². The highest BCUT2D eigenvalue weighted by molar-refractivity contribution is 7.47. The molecule has 0 aromatic carbocycles. The molecule has 0 fully saturated rings. The summed E-state index contributed by atoms with van der Waals surface area (Å²) in [6, 6.07) is 0. The average Bonchev–Trinajstić information content (AvgIpc) is 3.71. The lowest BCUT2D eigenvalue weighted by Crippen LogP contribution is -2.30. The Morgan fingerprint density at radius 3 is 0.816 bits per heavy atom. The summed E-state index contributed by atoms with van der Waals surface area (Å²) >= 11 is 0. The first-order valence-electron chi connectivity index (χ1n) is 35.7. The third kappa shape index (κ3) is 61.3. The van der Waals surface area contributed by atoms with Gasteiger partial charge in [0.25, 0.3) is 0 Å². The van der Waals surface area contributed by atoms with E-state index in [1.54, 1.807) is 0 Å². The van der Waals surface area contributed by atoms with Crippen LogP contribution in [0.3, 0.4) is 0 Å². The van der Waals surface area contributed by atoms with Crippen LogP contribution >= 0.6 is 15.6 Å². The van der Waals surface area contributed by atoms with E-state index in [0.29, 0.717) is 25.7 Å². The van der Waals surface area contributed by atoms with Gasteiger partial charge in [-0.2, -0.15) is 0 Å². The SMILES string of the molecule is CCCCCCCCCCCCCCCCCCCCCCCC(=O)O[C@H](COC(=O)CCCCCCCCC(C)CC)COP(=O)(O)OC[C@@H](O)COP(=O)(O)OC[C@@H](COC(=O)CCCCCCCCC)OC(=O)CCCCCCCCCCC. The van der Waals surface area contributed by atoms with Gasteiger partial charge in [0.1, 0.15) is 19.3 Å². The molecule has 0 amide bonds. The summed E-state index contributed by atoms with van der Waals surface area (Å²) < 4.78 is 68.0. The van der Waals surface area contributed by atoms with Crippen molar-refractivity contribution in [2.75, 3.05) is 39.6 Å². The van der Waals surface area contributed by atoms with Crippen LogP contribution < -0.4 is 0 Å². The fourth-order valence-electron chi connectivity index (χ4n) is 10.3. The van der Waals surface area contributed by atoms with Crippen molar-refractivity contribution in [1.29, 1.82) is 0 Å². The molecule has 516 valence electrons. The molecule has 0 heterocycles. The molecule has 0 radical (unpaired) electrons. The highest BCUT2D eigenvalue weighted by Crippen LogP contribution is 2.45. The first kappa shape index (κ1) is 85.1. The summed E-state index contributed by atoms with van der Waals surface area (Å²) in [7, 11) is -9.88. The number of aliphatic hydroxyl groups excluding tert-OH is 1. The fraction of sp³-hybridized carbons (Fsp3) is 0.941. The van der Waals surface area contributed by atoms with E-state index < -0.39 is 97.5 Å². The zero-order chi connectivity index (χ0) is 64.2.